The van der Waals surface area contributed by atoms with Crippen molar-refractivity contribution in [2.24, 2.45) is 0 Å². The van der Waals surface area contributed by atoms with Crippen LogP contribution in [0.4, 0.5) is 0 Å². The molecule has 0 radical (unpaired) electrons. The molecule has 0 aromatic rings. The number of hydrogen-bond donors (Lipinski definition) is 0. The minimum atomic E-state index is 0. The molecule has 8 heavy (non-hydrogen) atoms. The quantitative estimate of drug-likeness (QED) is 0.505. The predicted octanol–water partition coefficient (Wildman–Crippen LogP) is 1.16. The fraction of sp³-hybridized carbons (Fsp3) is 1.00. The zero-order valence-corrected chi connectivity index (χ0v) is 7.33. The fourth-order valence-electron chi connectivity index (χ4n) is 0.250. The molecule has 0 rings (SSSR count). The summed E-state index contributed by atoms with van der Waals surface area (Å²) in [5.41, 5.74) is 0. The van der Waals surface area contributed by atoms with Crippen LogP contribution in [-0.2, 0) is 0 Å². The first-order chi connectivity index (χ1) is 3.12. The molecule has 0 bridgehead atoms. The third kappa shape index (κ3) is 5.36. The molecule has 0 N–H and O–H groups in total. The van der Waals surface area contributed by atoms with Crippen molar-refractivity contribution in [2.75, 3.05) is 0 Å². The summed E-state index contributed by atoms with van der Waals surface area (Å²) in [5.74, 6) is 0. The molecule has 0 heterocycles. The summed E-state index contributed by atoms with van der Waals surface area (Å²) in [4.78, 5) is 0. The van der Waals surface area contributed by atoms with Crippen molar-refractivity contribution in [3.63, 3.8) is 0 Å². The summed E-state index contributed by atoms with van der Waals surface area (Å²) in [6, 6.07) is 0. The molecule has 0 aliphatic rings. The van der Waals surface area contributed by atoms with Crippen molar-refractivity contribution in [3.05, 3.63) is 0 Å². The van der Waals surface area contributed by atoms with E-state index >= 15 is 0 Å². The third-order valence-corrected chi connectivity index (χ3v) is 4.33. The van der Waals surface area contributed by atoms with Gasteiger partial charge in [0.2, 0.25) is 0 Å². The van der Waals surface area contributed by atoms with Crippen molar-refractivity contribution in [2.45, 2.75) is 38.8 Å². The zero-order chi connectivity index (χ0) is 5.91. The van der Waals surface area contributed by atoms with Crippen LogP contribution in [0.3, 0.4) is 0 Å². The van der Waals surface area contributed by atoms with Gasteiger partial charge in [0, 0.05) is 9.52 Å². The van der Waals surface area contributed by atoms with Gasteiger partial charge < -0.3 is 0 Å². The molecule has 0 nitrogen and oxygen atoms in total. The number of hydrogen-bond acceptors (Lipinski definition) is 0. The van der Waals surface area contributed by atoms with Gasteiger partial charge in [-0.25, -0.2) is 0 Å². The van der Waals surface area contributed by atoms with Crippen LogP contribution in [0.2, 0.25) is 11.6 Å². The molecule has 0 saturated carbocycles. The van der Waals surface area contributed by atoms with Crippen molar-refractivity contribution < 1.29 is 0 Å². The van der Waals surface area contributed by atoms with Crippen LogP contribution in [0, 0.1) is 0 Å². The molecule has 0 unspecified atom stereocenters. The Hall–Kier alpha value is 1.22. The molecular formula is C6H17NaSi. The first kappa shape index (κ1) is 11.9. The van der Waals surface area contributed by atoms with E-state index in [2.05, 4.69) is 27.3 Å². The van der Waals surface area contributed by atoms with Crippen molar-refractivity contribution in [3.8, 4) is 0 Å². The molecule has 0 aliphatic heterocycles. The molecule has 0 aromatic carbocycles. The average Bonchev–Trinajstić information content (AvgIpc) is 1.68. The van der Waals surface area contributed by atoms with Gasteiger partial charge in [0.25, 0.3) is 0 Å². The fourth-order valence-corrected chi connectivity index (χ4v) is 0.750. The molecule has 0 fully saturated rings. The summed E-state index contributed by atoms with van der Waals surface area (Å²) in [5, 5.41) is 0.722. The van der Waals surface area contributed by atoms with Crippen LogP contribution in [0.1, 0.15) is 27.2 Å². The number of rotatable bonds is 2. The average molecular weight is 140 g/mol. The molecule has 0 amide bonds. The topological polar surface area (TPSA) is 0 Å². The van der Waals surface area contributed by atoms with E-state index in [1.807, 2.05) is 0 Å². The van der Waals surface area contributed by atoms with Crippen LogP contribution in [-0.4, -0.2) is 39.1 Å². The Morgan fingerprint density at radius 3 is 1.75 bits per heavy atom. The van der Waals surface area contributed by atoms with E-state index in [0.717, 1.165) is 5.04 Å². The summed E-state index contributed by atoms with van der Waals surface area (Å²) in [6.45, 7) is 9.37. The van der Waals surface area contributed by atoms with E-state index < -0.39 is 0 Å². The maximum atomic E-state index is 2.38. The summed E-state index contributed by atoms with van der Waals surface area (Å²) in [6.07, 6.45) is 1.36. The summed E-state index contributed by atoms with van der Waals surface area (Å²) in [7, 11) is 0.242. The molecule has 0 spiro atoms. The summed E-state index contributed by atoms with van der Waals surface area (Å²) >= 11 is 0. The van der Waals surface area contributed by atoms with Gasteiger partial charge in [0.15, 0.2) is 0 Å². The van der Waals surface area contributed by atoms with E-state index in [9.17, 15) is 0 Å². The Labute approximate surface area is 77.6 Å². The molecule has 46 valence electrons. The molecule has 0 saturated heterocycles. The van der Waals surface area contributed by atoms with Crippen LogP contribution in [0.15, 0.2) is 0 Å². The second-order valence-corrected chi connectivity index (χ2v) is 5.49. The van der Waals surface area contributed by atoms with E-state index in [1.54, 1.807) is 0 Å². The Bertz CT molecular complexity index is 46.5. The van der Waals surface area contributed by atoms with Gasteiger partial charge in [-0.05, 0) is 5.04 Å². The van der Waals surface area contributed by atoms with Crippen LogP contribution in [0.5, 0.6) is 0 Å². The van der Waals surface area contributed by atoms with E-state index in [-0.39, 0.29) is 39.1 Å². The Morgan fingerprint density at radius 2 is 1.75 bits per heavy atom. The van der Waals surface area contributed by atoms with Gasteiger partial charge in [-0.2, -0.15) is 0 Å². The molecule has 0 aromatic heterocycles. The molecule has 2 heteroatoms. The van der Waals surface area contributed by atoms with E-state index in [4.69, 9.17) is 0 Å². The van der Waals surface area contributed by atoms with Gasteiger partial charge in [0.05, 0.1) is 0 Å². The molecular weight excluding hydrogens is 123 g/mol. The first-order valence-electron chi connectivity index (χ1n) is 3.12. The SMILES string of the molecule is CCC(C)(C)[SiH2]C.[NaH]. The Balaban J connectivity index is 0. The second-order valence-electron chi connectivity index (χ2n) is 2.87. The Kier molecular flexibility index (Phi) is 7.52. The minimum absolute atomic E-state index is 0. The summed E-state index contributed by atoms with van der Waals surface area (Å²) < 4.78 is 0. The van der Waals surface area contributed by atoms with Gasteiger partial charge in [0.1, 0.15) is 0 Å². The normalized spacial score (nSPS) is 12.0. The van der Waals surface area contributed by atoms with Crippen molar-refractivity contribution >= 4 is 39.1 Å². The standard InChI is InChI=1S/C6H16Si.Na.H/c1-5-6(2,3)7-4;;/h5,7H2,1-4H3;;. The maximum absolute atomic E-state index is 2.38. The van der Waals surface area contributed by atoms with Crippen LogP contribution < -0.4 is 0 Å². The first-order valence-corrected chi connectivity index (χ1v) is 5.24. The van der Waals surface area contributed by atoms with Crippen LogP contribution >= 0.6 is 0 Å². The van der Waals surface area contributed by atoms with E-state index in [0.29, 0.717) is 0 Å². The monoisotopic (exact) mass is 140 g/mol. The van der Waals surface area contributed by atoms with E-state index in [1.165, 1.54) is 6.42 Å². The van der Waals surface area contributed by atoms with Gasteiger partial charge >= 0.3 is 29.6 Å². The molecule has 0 atom stereocenters. The molecule has 0 aliphatic carbocycles. The third-order valence-electron chi connectivity index (χ3n) is 1.91. The van der Waals surface area contributed by atoms with Crippen LogP contribution in [0.25, 0.3) is 0 Å². The second kappa shape index (κ2) is 5.04. The van der Waals surface area contributed by atoms with Crippen molar-refractivity contribution in [1.29, 1.82) is 0 Å². The van der Waals surface area contributed by atoms with Gasteiger partial charge in [-0.15, -0.1) is 0 Å². The Morgan fingerprint density at radius 1 is 1.38 bits per heavy atom. The predicted molar refractivity (Wildman–Crippen MR) is 45.9 cm³/mol. The zero-order valence-electron chi connectivity index (χ0n) is 5.91. The van der Waals surface area contributed by atoms with Gasteiger partial charge in [-0.1, -0.05) is 33.7 Å². The van der Waals surface area contributed by atoms with Crippen molar-refractivity contribution in [1.82, 2.24) is 0 Å². The van der Waals surface area contributed by atoms with Gasteiger partial charge in [-0.3, -0.25) is 0 Å².